The number of aromatic nitrogens is 1. The molecule has 1 aliphatic heterocycles. The Morgan fingerprint density at radius 3 is 2.90 bits per heavy atom. The second-order valence-corrected chi connectivity index (χ2v) is 7.45. The van der Waals surface area contributed by atoms with E-state index in [9.17, 15) is 8.42 Å². The van der Waals surface area contributed by atoms with Gasteiger partial charge in [-0.2, -0.15) is 0 Å². The Labute approximate surface area is 118 Å². The Hall–Kier alpha value is -1.82. The van der Waals surface area contributed by atoms with E-state index < -0.39 is 9.84 Å². The third-order valence-corrected chi connectivity index (χ3v) is 5.58. The first kappa shape index (κ1) is 13.2. The molecule has 0 aliphatic carbocycles. The molecule has 1 atom stereocenters. The number of sulfone groups is 1. The molecule has 5 nitrogen and oxygen atoms in total. The van der Waals surface area contributed by atoms with Crippen molar-refractivity contribution in [3.05, 3.63) is 30.5 Å². The molecule has 1 aromatic heterocycles. The Bertz CT molecular complexity index is 758. The molecule has 1 saturated heterocycles. The maximum atomic E-state index is 11.7. The van der Waals surface area contributed by atoms with Gasteiger partial charge in [0.2, 0.25) is 0 Å². The van der Waals surface area contributed by atoms with Crippen LogP contribution in [0.4, 0.5) is 11.4 Å². The average molecular weight is 291 g/mol. The van der Waals surface area contributed by atoms with Crippen molar-refractivity contribution < 1.29 is 8.42 Å². The minimum atomic E-state index is -2.92. The van der Waals surface area contributed by atoms with E-state index in [1.807, 2.05) is 31.2 Å². The second kappa shape index (κ2) is 4.63. The summed E-state index contributed by atoms with van der Waals surface area (Å²) in [5.41, 5.74) is 8.67. The van der Waals surface area contributed by atoms with E-state index in [0.29, 0.717) is 12.2 Å². The van der Waals surface area contributed by atoms with Crippen molar-refractivity contribution in [2.75, 3.05) is 28.7 Å². The number of nitrogens with two attached hydrogens (primary N) is 1. The summed E-state index contributed by atoms with van der Waals surface area (Å²) in [4.78, 5) is 6.35. The number of pyridine rings is 1. The predicted molar refractivity (Wildman–Crippen MR) is 81.6 cm³/mol. The highest BCUT2D eigenvalue weighted by Gasteiger charge is 2.29. The van der Waals surface area contributed by atoms with Gasteiger partial charge in [0.25, 0.3) is 0 Å². The molecule has 6 heteroatoms. The van der Waals surface area contributed by atoms with Gasteiger partial charge in [0, 0.05) is 24.2 Å². The zero-order chi connectivity index (χ0) is 14.3. The Morgan fingerprint density at radius 1 is 1.35 bits per heavy atom. The van der Waals surface area contributed by atoms with Gasteiger partial charge in [-0.3, -0.25) is 4.98 Å². The summed E-state index contributed by atoms with van der Waals surface area (Å²) in [6.07, 6.45) is 1.73. The SMILES string of the molecule is CC1CS(=O)(=O)CCN1c1ccc2ncccc2c1N. The highest BCUT2D eigenvalue weighted by molar-refractivity contribution is 7.91. The fourth-order valence-electron chi connectivity index (χ4n) is 2.77. The van der Waals surface area contributed by atoms with Crippen LogP contribution < -0.4 is 10.6 Å². The lowest BCUT2D eigenvalue weighted by Gasteiger charge is -2.36. The molecule has 20 heavy (non-hydrogen) atoms. The standard InChI is InChI=1S/C14H17N3O2S/c1-10-9-20(18,19)8-7-17(10)13-5-4-12-11(14(13)15)3-2-6-16-12/h2-6,10H,7-9,15H2,1H3. The van der Waals surface area contributed by atoms with Gasteiger partial charge in [-0.05, 0) is 31.2 Å². The summed E-state index contributed by atoms with van der Waals surface area (Å²) in [6.45, 7) is 2.41. The minimum Gasteiger partial charge on any atom is -0.396 e. The highest BCUT2D eigenvalue weighted by Crippen LogP contribution is 2.32. The second-order valence-electron chi connectivity index (χ2n) is 5.23. The van der Waals surface area contributed by atoms with Crippen LogP contribution in [0.3, 0.4) is 0 Å². The molecule has 0 bridgehead atoms. The van der Waals surface area contributed by atoms with Gasteiger partial charge in [0.1, 0.15) is 0 Å². The van der Waals surface area contributed by atoms with Gasteiger partial charge in [-0.25, -0.2) is 8.42 Å². The summed E-state index contributed by atoms with van der Waals surface area (Å²) in [7, 11) is -2.92. The number of anilines is 2. The van der Waals surface area contributed by atoms with Crippen LogP contribution in [0.25, 0.3) is 10.9 Å². The lowest BCUT2D eigenvalue weighted by Crippen LogP contribution is -2.47. The van der Waals surface area contributed by atoms with Gasteiger partial charge < -0.3 is 10.6 Å². The zero-order valence-electron chi connectivity index (χ0n) is 11.3. The summed E-state index contributed by atoms with van der Waals surface area (Å²) in [5.74, 6) is 0.360. The van der Waals surface area contributed by atoms with E-state index in [-0.39, 0.29) is 17.5 Å². The van der Waals surface area contributed by atoms with Crippen molar-refractivity contribution in [2.24, 2.45) is 0 Å². The number of nitrogen functional groups attached to an aromatic ring is 1. The van der Waals surface area contributed by atoms with Crippen LogP contribution >= 0.6 is 0 Å². The van der Waals surface area contributed by atoms with Crippen LogP contribution in [0, 0.1) is 0 Å². The molecule has 0 amide bonds. The first-order valence-electron chi connectivity index (χ1n) is 6.58. The maximum Gasteiger partial charge on any atom is 0.154 e. The van der Waals surface area contributed by atoms with Crippen molar-refractivity contribution >= 4 is 32.1 Å². The van der Waals surface area contributed by atoms with Crippen molar-refractivity contribution in [2.45, 2.75) is 13.0 Å². The number of nitrogens with zero attached hydrogens (tertiary/aromatic N) is 2. The normalized spacial score (nSPS) is 22.1. The van der Waals surface area contributed by atoms with Gasteiger partial charge in [0.05, 0.1) is 28.4 Å². The summed E-state index contributed by atoms with van der Waals surface area (Å²) >= 11 is 0. The Balaban J connectivity index is 2.05. The van der Waals surface area contributed by atoms with E-state index in [4.69, 9.17) is 5.73 Å². The first-order valence-corrected chi connectivity index (χ1v) is 8.40. The minimum absolute atomic E-state index is 0.0647. The molecular formula is C14H17N3O2S. The molecule has 106 valence electrons. The molecular weight excluding hydrogens is 274 g/mol. The van der Waals surface area contributed by atoms with E-state index in [1.165, 1.54) is 0 Å². The molecule has 3 rings (SSSR count). The van der Waals surface area contributed by atoms with Crippen LogP contribution in [0.15, 0.2) is 30.5 Å². The molecule has 2 N–H and O–H groups in total. The Morgan fingerprint density at radius 2 is 2.15 bits per heavy atom. The van der Waals surface area contributed by atoms with Crippen LogP contribution in [-0.2, 0) is 9.84 Å². The van der Waals surface area contributed by atoms with Crippen LogP contribution in [0.1, 0.15) is 6.92 Å². The van der Waals surface area contributed by atoms with E-state index in [1.54, 1.807) is 6.20 Å². The highest BCUT2D eigenvalue weighted by atomic mass is 32.2. The van der Waals surface area contributed by atoms with Crippen molar-refractivity contribution in [1.82, 2.24) is 4.98 Å². The average Bonchev–Trinajstić information content (AvgIpc) is 2.40. The topological polar surface area (TPSA) is 76.3 Å². The van der Waals surface area contributed by atoms with Crippen LogP contribution in [0.5, 0.6) is 0 Å². The maximum absolute atomic E-state index is 11.7. The largest absolute Gasteiger partial charge is 0.396 e. The predicted octanol–water partition coefficient (Wildman–Crippen LogP) is 1.44. The van der Waals surface area contributed by atoms with Gasteiger partial charge in [-0.15, -0.1) is 0 Å². The smallest absolute Gasteiger partial charge is 0.154 e. The molecule has 1 aliphatic rings. The molecule has 1 unspecified atom stereocenters. The summed E-state index contributed by atoms with van der Waals surface area (Å²) < 4.78 is 23.3. The number of hydrogen-bond acceptors (Lipinski definition) is 5. The van der Waals surface area contributed by atoms with Crippen LogP contribution in [0.2, 0.25) is 0 Å². The molecule has 0 saturated carbocycles. The van der Waals surface area contributed by atoms with Crippen molar-refractivity contribution in [1.29, 1.82) is 0 Å². The third kappa shape index (κ3) is 2.20. The quantitative estimate of drug-likeness (QED) is 0.805. The molecule has 2 heterocycles. The summed E-state index contributed by atoms with van der Waals surface area (Å²) in [6, 6.07) is 7.58. The number of rotatable bonds is 1. The fourth-order valence-corrected chi connectivity index (χ4v) is 4.33. The Kier molecular flexibility index (Phi) is 3.05. The van der Waals surface area contributed by atoms with Gasteiger partial charge in [0.15, 0.2) is 9.84 Å². The zero-order valence-corrected chi connectivity index (χ0v) is 12.1. The molecule has 2 aromatic rings. The van der Waals surface area contributed by atoms with Crippen molar-refractivity contribution in [3.63, 3.8) is 0 Å². The van der Waals surface area contributed by atoms with Gasteiger partial charge in [-0.1, -0.05) is 0 Å². The van der Waals surface area contributed by atoms with Crippen molar-refractivity contribution in [3.8, 4) is 0 Å². The molecule has 0 spiro atoms. The number of benzene rings is 1. The first-order chi connectivity index (χ1) is 9.48. The lowest BCUT2D eigenvalue weighted by atomic mass is 10.1. The molecule has 1 aromatic carbocycles. The number of hydrogen-bond donors (Lipinski definition) is 1. The van der Waals surface area contributed by atoms with Crippen LogP contribution in [-0.4, -0.2) is 37.5 Å². The molecule has 0 radical (unpaired) electrons. The monoisotopic (exact) mass is 291 g/mol. The van der Waals surface area contributed by atoms with E-state index >= 15 is 0 Å². The van der Waals surface area contributed by atoms with E-state index in [2.05, 4.69) is 9.88 Å². The number of fused-ring (bicyclic) bond motifs is 1. The fraction of sp³-hybridized carbons (Fsp3) is 0.357. The summed E-state index contributed by atoms with van der Waals surface area (Å²) in [5, 5.41) is 0.908. The molecule has 1 fully saturated rings. The van der Waals surface area contributed by atoms with E-state index in [0.717, 1.165) is 16.6 Å². The lowest BCUT2D eigenvalue weighted by molar-refractivity contribution is 0.568. The van der Waals surface area contributed by atoms with Gasteiger partial charge >= 0.3 is 0 Å². The third-order valence-electron chi connectivity index (χ3n) is 3.78.